The molecule has 1 aliphatic rings. The Morgan fingerprint density at radius 2 is 2.04 bits per heavy atom. The van der Waals surface area contributed by atoms with Crippen molar-refractivity contribution in [3.63, 3.8) is 0 Å². The topological polar surface area (TPSA) is 53.4 Å². The Morgan fingerprint density at radius 1 is 1.33 bits per heavy atom. The van der Waals surface area contributed by atoms with Crippen molar-refractivity contribution in [2.75, 3.05) is 18.0 Å². The van der Waals surface area contributed by atoms with Gasteiger partial charge in [-0.1, -0.05) is 19.1 Å². The predicted octanol–water partition coefficient (Wildman–Crippen LogP) is 4.13. The Balaban J connectivity index is 2.15. The molecule has 1 aromatic heterocycles. The minimum atomic E-state index is -1.00. The molecule has 5 heteroatoms. The van der Waals surface area contributed by atoms with Crippen LogP contribution in [0.4, 0.5) is 10.2 Å². The number of pyridine rings is 1. The predicted molar refractivity (Wildman–Crippen MR) is 91.9 cm³/mol. The van der Waals surface area contributed by atoms with Gasteiger partial charge in [0.15, 0.2) is 0 Å². The van der Waals surface area contributed by atoms with Gasteiger partial charge in [-0.25, -0.2) is 14.2 Å². The van der Waals surface area contributed by atoms with Crippen molar-refractivity contribution in [2.24, 2.45) is 5.92 Å². The van der Waals surface area contributed by atoms with Gasteiger partial charge in [0.1, 0.15) is 17.2 Å². The highest BCUT2D eigenvalue weighted by Gasteiger charge is 2.26. The first-order chi connectivity index (χ1) is 11.5. The van der Waals surface area contributed by atoms with Gasteiger partial charge in [-0.3, -0.25) is 0 Å². The zero-order chi connectivity index (χ0) is 17.3. The smallest absolute Gasteiger partial charge is 0.340 e. The highest BCUT2D eigenvalue weighted by molar-refractivity contribution is 6.01. The van der Waals surface area contributed by atoms with Crippen LogP contribution in [-0.4, -0.2) is 29.1 Å². The molecule has 0 spiro atoms. The molecular formula is C19H21FN2O2. The number of halogens is 1. The van der Waals surface area contributed by atoms with Gasteiger partial charge in [0.2, 0.25) is 0 Å². The second-order valence-electron chi connectivity index (χ2n) is 6.52. The summed E-state index contributed by atoms with van der Waals surface area (Å²) in [5.74, 6) is -0.313. The third-order valence-corrected chi connectivity index (χ3v) is 4.45. The van der Waals surface area contributed by atoms with Crippen LogP contribution in [0.25, 0.3) is 11.1 Å². The summed E-state index contributed by atoms with van der Waals surface area (Å²) in [7, 11) is 0. The van der Waals surface area contributed by atoms with E-state index in [1.54, 1.807) is 18.2 Å². The van der Waals surface area contributed by atoms with Crippen molar-refractivity contribution in [3.8, 4) is 11.1 Å². The van der Waals surface area contributed by atoms with Gasteiger partial charge < -0.3 is 10.0 Å². The lowest BCUT2D eigenvalue weighted by molar-refractivity contribution is 0.0698. The summed E-state index contributed by atoms with van der Waals surface area (Å²) >= 11 is 0. The molecule has 0 saturated carbocycles. The van der Waals surface area contributed by atoms with Gasteiger partial charge in [-0.05, 0) is 49.4 Å². The molecule has 3 rings (SSSR count). The fourth-order valence-electron chi connectivity index (χ4n) is 3.34. The van der Waals surface area contributed by atoms with E-state index in [4.69, 9.17) is 0 Å². The van der Waals surface area contributed by atoms with Crippen LogP contribution in [-0.2, 0) is 0 Å². The molecule has 2 heterocycles. The van der Waals surface area contributed by atoms with E-state index in [-0.39, 0.29) is 11.4 Å². The standard InChI is InChI=1S/C19H21FN2O2/c1-12-4-3-9-22(11-12)18-17(19(23)24)16(10-13(2)21-18)14-5-7-15(20)8-6-14/h5-8,10,12H,3-4,9,11H2,1-2H3,(H,23,24). The number of nitrogens with zero attached hydrogens (tertiary/aromatic N) is 2. The maximum Gasteiger partial charge on any atom is 0.340 e. The van der Waals surface area contributed by atoms with Gasteiger partial charge in [-0.2, -0.15) is 0 Å². The zero-order valence-corrected chi connectivity index (χ0v) is 13.9. The molecule has 2 aromatic rings. The summed E-state index contributed by atoms with van der Waals surface area (Å²) in [6.45, 7) is 5.64. The van der Waals surface area contributed by atoms with E-state index in [1.165, 1.54) is 12.1 Å². The normalized spacial score (nSPS) is 17.8. The first kappa shape index (κ1) is 16.4. The maximum absolute atomic E-state index is 13.2. The second-order valence-corrected chi connectivity index (χ2v) is 6.52. The van der Waals surface area contributed by atoms with Crippen molar-refractivity contribution in [1.29, 1.82) is 0 Å². The molecule has 1 aliphatic heterocycles. The summed E-state index contributed by atoms with van der Waals surface area (Å²) in [6, 6.07) is 7.67. The number of piperidine rings is 1. The molecule has 1 N–H and O–H groups in total. The van der Waals surface area contributed by atoms with Gasteiger partial charge in [-0.15, -0.1) is 0 Å². The van der Waals surface area contributed by atoms with E-state index in [9.17, 15) is 14.3 Å². The SMILES string of the molecule is Cc1cc(-c2ccc(F)cc2)c(C(=O)O)c(N2CCCC(C)C2)n1. The van der Waals surface area contributed by atoms with Gasteiger partial charge in [0.25, 0.3) is 0 Å². The van der Waals surface area contributed by atoms with E-state index >= 15 is 0 Å². The third-order valence-electron chi connectivity index (χ3n) is 4.45. The molecule has 126 valence electrons. The van der Waals surface area contributed by atoms with Crippen molar-refractivity contribution in [2.45, 2.75) is 26.7 Å². The summed E-state index contributed by atoms with van der Waals surface area (Å²) in [5, 5.41) is 9.81. The van der Waals surface area contributed by atoms with E-state index < -0.39 is 5.97 Å². The number of hydrogen-bond acceptors (Lipinski definition) is 3. The van der Waals surface area contributed by atoms with Crippen LogP contribution < -0.4 is 4.90 Å². The number of aromatic carboxylic acids is 1. The van der Waals surface area contributed by atoms with E-state index in [0.717, 1.165) is 31.6 Å². The Morgan fingerprint density at radius 3 is 2.67 bits per heavy atom. The highest BCUT2D eigenvalue weighted by atomic mass is 19.1. The Labute approximate surface area is 141 Å². The first-order valence-electron chi connectivity index (χ1n) is 8.21. The summed E-state index contributed by atoms with van der Waals surface area (Å²) in [5.41, 5.74) is 2.22. The number of aromatic nitrogens is 1. The number of carbonyl (C=O) groups is 1. The Hall–Kier alpha value is -2.43. The lowest BCUT2D eigenvalue weighted by Crippen LogP contribution is -2.36. The van der Waals surface area contributed by atoms with E-state index in [2.05, 4.69) is 16.8 Å². The van der Waals surface area contributed by atoms with Crippen molar-refractivity contribution < 1.29 is 14.3 Å². The Bertz CT molecular complexity index is 759. The molecule has 0 radical (unpaired) electrons. The molecule has 0 aliphatic carbocycles. The molecule has 1 atom stereocenters. The molecule has 1 unspecified atom stereocenters. The van der Waals surface area contributed by atoms with Gasteiger partial charge >= 0.3 is 5.97 Å². The van der Waals surface area contributed by atoms with Crippen LogP contribution in [0.5, 0.6) is 0 Å². The maximum atomic E-state index is 13.2. The minimum Gasteiger partial charge on any atom is -0.478 e. The van der Waals surface area contributed by atoms with Crippen molar-refractivity contribution in [1.82, 2.24) is 4.98 Å². The van der Waals surface area contributed by atoms with Crippen LogP contribution in [0, 0.1) is 18.7 Å². The number of hydrogen-bond donors (Lipinski definition) is 1. The fraction of sp³-hybridized carbons (Fsp3) is 0.368. The Kier molecular flexibility index (Phi) is 4.51. The van der Waals surface area contributed by atoms with E-state index in [0.29, 0.717) is 22.9 Å². The van der Waals surface area contributed by atoms with Crippen LogP contribution in [0.3, 0.4) is 0 Å². The minimum absolute atomic E-state index is 0.196. The van der Waals surface area contributed by atoms with Crippen molar-refractivity contribution >= 4 is 11.8 Å². The lowest BCUT2D eigenvalue weighted by atomic mass is 9.96. The third kappa shape index (κ3) is 3.25. The highest BCUT2D eigenvalue weighted by Crippen LogP contribution is 2.33. The molecule has 4 nitrogen and oxygen atoms in total. The summed E-state index contributed by atoms with van der Waals surface area (Å²) < 4.78 is 13.2. The monoisotopic (exact) mass is 328 g/mol. The number of carboxylic acids is 1. The number of anilines is 1. The molecule has 0 bridgehead atoms. The summed E-state index contributed by atoms with van der Waals surface area (Å²) in [4.78, 5) is 18.6. The zero-order valence-electron chi connectivity index (χ0n) is 13.9. The molecule has 0 amide bonds. The van der Waals surface area contributed by atoms with Gasteiger partial charge in [0.05, 0.1) is 0 Å². The van der Waals surface area contributed by atoms with Crippen LogP contribution in [0.15, 0.2) is 30.3 Å². The average molecular weight is 328 g/mol. The summed E-state index contributed by atoms with van der Waals surface area (Å²) in [6.07, 6.45) is 2.18. The number of rotatable bonds is 3. The first-order valence-corrected chi connectivity index (χ1v) is 8.21. The largest absolute Gasteiger partial charge is 0.478 e. The van der Waals surface area contributed by atoms with Crippen LogP contribution in [0.2, 0.25) is 0 Å². The van der Waals surface area contributed by atoms with Gasteiger partial charge in [0, 0.05) is 24.3 Å². The number of aryl methyl sites for hydroxylation is 1. The van der Waals surface area contributed by atoms with Crippen molar-refractivity contribution in [3.05, 3.63) is 47.4 Å². The molecule has 1 saturated heterocycles. The van der Waals surface area contributed by atoms with Crippen LogP contribution in [0.1, 0.15) is 35.8 Å². The number of carboxylic acid groups (broad SMARTS) is 1. The molecule has 24 heavy (non-hydrogen) atoms. The quantitative estimate of drug-likeness (QED) is 0.920. The van der Waals surface area contributed by atoms with Crippen LogP contribution >= 0.6 is 0 Å². The molecule has 1 fully saturated rings. The molecule has 1 aromatic carbocycles. The van der Waals surface area contributed by atoms with E-state index in [1.807, 2.05) is 6.92 Å². The number of benzene rings is 1. The molecular weight excluding hydrogens is 307 g/mol. The second kappa shape index (κ2) is 6.59. The average Bonchev–Trinajstić information content (AvgIpc) is 2.54. The lowest BCUT2D eigenvalue weighted by Gasteiger charge is -2.33. The fourth-order valence-corrected chi connectivity index (χ4v) is 3.34.